The van der Waals surface area contributed by atoms with E-state index in [1.165, 1.54) is 41.7 Å². The van der Waals surface area contributed by atoms with Gasteiger partial charge in [0.1, 0.15) is 5.82 Å². The Bertz CT molecular complexity index is 738. The largest absolute Gasteiger partial charge is 0.346 e. The number of aromatic nitrogens is 2. The van der Waals surface area contributed by atoms with E-state index < -0.39 is 0 Å². The molecule has 1 aromatic carbocycles. The number of rotatable bonds is 4. The molecule has 120 valence electrons. The summed E-state index contributed by atoms with van der Waals surface area (Å²) >= 11 is 2.54. The van der Waals surface area contributed by atoms with E-state index in [2.05, 4.69) is 20.8 Å². The summed E-state index contributed by atoms with van der Waals surface area (Å²) < 4.78 is 13.8. The molecule has 2 saturated heterocycles. The van der Waals surface area contributed by atoms with Crippen LogP contribution < -0.4 is 10.6 Å². The number of amides is 1. The van der Waals surface area contributed by atoms with Gasteiger partial charge in [-0.05, 0) is 37.5 Å². The van der Waals surface area contributed by atoms with Crippen LogP contribution in [0.2, 0.25) is 0 Å². The minimum atomic E-state index is -0.290. The SMILES string of the molecule is O=C(NC1CC2CCC1N2)c1nnc(Sc2cccc(F)c2)s1. The molecular weight excluding hydrogens is 335 g/mol. The van der Waals surface area contributed by atoms with E-state index in [0.717, 1.165) is 17.7 Å². The second kappa shape index (κ2) is 6.18. The first-order valence-electron chi connectivity index (χ1n) is 7.51. The van der Waals surface area contributed by atoms with Gasteiger partial charge in [-0.25, -0.2) is 4.39 Å². The molecule has 2 aliphatic heterocycles. The zero-order valence-corrected chi connectivity index (χ0v) is 13.8. The van der Waals surface area contributed by atoms with E-state index in [0.29, 0.717) is 21.4 Å². The number of hydrogen-bond acceptors (Lipinski definition) is 6. The highest BCUT2D eigenvalue weighted by atomic mass is 32.2. The van der Waals surface area contributed by atoms with E-state index in [1.807, 2.05) is 0 Å². The van der Waals surface area contributed by atoms with E-state index in [4.69, 9.17) is 0 Å². The van der Waals surface area contributed by atoms with Gasteiger partial charge < -0.3 is 10.6 Å². The zero-order chi connectivity index (χ0) is 15.8. The van der Waals surface area contributed by atoms with E-state index in [9.17, 15) is 9.18 Å². The monoisotopic (exact) mass is 350 g/mol. The maximum absolute atomic E-state index is 13.2. The van der Waals surface area contributed by atoms with Crippen LogP contribution in [0.25, 0.3) is 0 Å². The number of hydrogen-bond donors (Lipinski definition) is 2. The number of halogens is 1. The Morgan fingerprint density at radius 3 is 3.04 bits per heavy atom. The Kier molecular flexibility index (Phi) is 4.04. The quantitative estimate of drug-likeness (QED) is 0.887. The predicted molar refractivity (Wildman–Crippen MR) is 86.2 cm³/mol. The van der Waals surface area contributed by atoms with Gasteiger partial charge in [-0.2, -0.15) is 0 Å². The first-order valence-corrected chi connectivity index (χ1v) is 9.14. The van der Waals surface area contributed by atoms with Gasteiger partial charge in [0.15, 0.2) is 4.34 Å². The number of benzene rings is 1. The second-order valence-corrected chi connectivity index (χ2v) is 8.09. The molecule has 4 rings (SSSR count). The van der Waals surface area contributed by atoms with Crippen molar-refractivity contribution >= 4 is 29.0 Å². The Hall–Kier alpha value is -1.51. The summed E-state index contributed by atoms with van der Waals surface area (Å²) in [6.45, 7) is 0. The fourth-order valence-corrected chi connectivity index (χ4v) is 4.96. The Morgan fingerprint density at radius 1 is 1.39 bits per heavy atom. The van der Waals surface area contributed by atoms with Gasteiger partial charge in [0.05, 0.1) is 0 Å². The average molecular weight is 350 g/mol. The molecule has 8 heteroatoms. The molecule has 0 spiro atoms. The molecule has 0 radical (unpaired) electrons. The maximum Gasteiger partial charge on any atom is 0.282 e. The number of nitrogens with zero attached hydrogens (tertiary/aromatic N) is 2. The first-order chi connectivity index (χ1) is 11.2. The van der Waals surface area contributed by atoms with Gasteiger partial charge in [-0.3, -0.25) is 4.79 Å². The standard InChI is InChI=1S/C15H15FN4OS2/c16-8-2-1-3-10(6-8)22-15-20-19-14(23-15)13(21)18-12-7-9-4-5-11(12)17-9/h1-3,6,9,11-12,17H,4-5,7H2,(H,18,21). The fourth-order valence-electron chi connectivity index (χ4n) is 3.19. The van der Waals surface area contributed by atoms with Crippen LogP contribution in [-0.2, 0) is 0 Å². The van der Waals surface area contributed by atoms with Crippen molar-refractivity contribution in [1.29, 1.82) is 0 Å². The molecule has 3 heterocycles. The van der Waals surface area contributed by atoms with Gasteiger partial charge >= 0.3 is 0 Å². The lowest BCUT2D eigenvalue weighted by Gasteiger charge is -2.20. The third-order valence-electron chi connectivity index (χ3n) is 4.22. The van der Waals surface area contributed by atoms with Crippen LogP contribution in [0, 0.1) is 5.82 Å². The van der Waals surface area contributed by atoms with Crippen LogP contribution in [0.1, 0.15) is 29.1 Å². The summed E-state index contributed by atoms with van der Waals surface area (Å²) in [5.74, 6) is -0.464. The van der Waals surface area contributed by atoms with Crippen LogP contribution >= 0.6 is 23.1 Å². The molecule has 1 amide bonds. The van der Waals surface area contributed by atoms with Gasteiger partial charge in [0.2, 0.25) is 5.01 Å². The van der Waals surface area contributed by atoms with Crippen LogP contribution in [0.3, 0.4) is 0 Å². The molecule has 23 heavy (non-hydrogen) atoms. The Labute approximate surface area is 141 Å². The molecule has 1 aromatic heterocycles. The highest BCUT2D eigenvalue weighted by Gasteiger charge is 2.40. The van der Waals surface area contributed by atoms with Crippen molar-refractivity contribution in [3.63, 3.8) is 0 Å². The van der Waals surface area contributed by atoms with E-state index in [1.54, 1.807) is 12.1 Å². The van der Waals surface area contributed by atoms with E-state index >= 15 is 0 Å². The van der Waals surface area contributed by atoms with Gasteiger partial charge in [-0.1, -0.05) is 29.2 Å². The van der Waals surface area contributed by atoms with Crippen molar-refractivity contribution in [2.45, 2.75) is 46.6 Å². The second-order valence-electron chi connectivity index (χ2n) is 5.80. The van der Waals surface area contributed by atoms with Gasteiger partial charge in [0.25, 0.3) is 5.91 Å². The van der Waals surface area contributed by atoms with Crippen LogP contribution in [0.4, 0.5) is 4.39 Å². The van der Waals surface area contributed by atoms with Crippen molar-refractivity contribution in [3.05, 3.63) is 35.1 Å². The molecule has 3 unspecified atom stereocenters. The minimum Gasteiger partial charge on any atom is -0.346 e. The van der Waals surface area contributed by atoms with Crippen LogP contribution in [0.15, 0.2) is 33.5 Å². The van der Waals surface area contributed by atoms with Gasteiger partial charge in [0, 0.05) is 23.0 Å². The Morgan fingerprint density at radius 2 is 2.30 bits per heavy atom. The lowest BCUT2D eigenvalue weighted by atomic mass is 9.95. The van der Waals surface area contributed by atoms with Crippen molar-refractivity contribution < 1.29 is 9.18 Å². The lowest BCUT2D eigenvalue weighted by Crippen LogP contribution is -2.42. The molecule has 2 bridgehead atoms. The molecule has 0 saturated carbocycles. The fraction of sp³-hybridized carbons (Fsp3) is 0.400. The minimum absolute atomic E-state index is 0.173. The average Bonchev–Trinajstić information content (AvgIpc) is 3.23. The summed E-state index contributed by atoms with van der Waals surface area (Å²) in [4.78, 5) is 13.0. The van der Waals surface area contributed by atoms with Crippen LogP contribution in [-0.4, -0.2) is 34.2 Å². The van der Waals surface area contributed by atoms with Crippen LogP contribution in [0.5, 0.6) is 0 Å². The summed E-state index contributed by atoms with van der Waals surface area (Å²) in [7, 11) is 0. The molecule has 2 aliphatic rings. The molecule has 3 atom stereocenters. The zero-order valence-electron chi connectivity index (χ0n) is 12.2. The van der Waals surface area contributed by atoms with Gasteiger partial charge in [-0.15, -0.1) is 10.2 Å². The molecule has 0 aliphatic carbocycles. The molecule has 2 N–H and O–H groups in total. The predicted octanol–water partition coefficient (Wildman–Crippen LogP) is 2.45. The third kappa shape index (κ3) is 3.24. The number of nitrogens with one attached hydrogen (secondary N) is 2. The number of carbonyl (C=O) groups excluding carboxylic acids is 1. The highest BCUT2D eigenvalue weighted by Crippen LogP contribution is 2.31. The summed E-state index contributed by atoms with van der Waals surface area (Å²) in [5.41, 5.74) is 0. The van der Waals surface area contributed by atoms with E-state index in [-0.39, 0.29) is 17.8 Å². The normalized spacial score (nSPS) is 25.7. The number of carbonyl (C=O) groups is 1. The number of fused-ring (bicyclic) bond motifs is 2. The lowest BCUT2D eigenvalue weighted by molar-refractivity contribution is 0.0930. The maximum atomic E-state index is 13.2. The smallest absolute Gasteiger partial charge is 0.282 e. The highest BCUT2D eigenvalue weighted by molar-refractivity contribution is 8.01. The Balaban J connectivity index is 1.40. The topological polar surface area (TPSA) is 66.9 Å². The summed E-state index contributed by atoms with van der Waals surface area (Å²) in [6.07, 6.45) is 3.30. The first kappa shape index (κ1) is 15.0. The summed E-state index contributed by atoms with van der Waals surface area (Å²) in [5, 5.41) is 14.9. The van der Waals surface area contributed by atoms with Crippen molar-refractivity contribution in [2.75, 3.05) is 0 Å². The molecule has 5 nitrogen and oxygen atoms in total. The third-order valence-corrected chi connectivity index (χ3v) is 6.18. The molecular formula is C15H15FN4OS2. The summed E-state index contributed by atoms with van der Waals surface area (Å²) in [6, 6.07) is 7.39. The molecule has 2 fully saturated rings. The van der Waals surface area contributed by atoms with Crippen molar-refractivity contribution in [1.82, 2.24) is 20.8 Å². The molecule has 2 aromatic rings. The van der Waals surface area contributed by atoms with Crippen molar-refractivity contribution in [2.24, 2.45) is 0 Å². The van der Waals surface area contributed by atoms with Crippen molar-refractivity contribution in [3.8, 4) is 0 Å².